The molecule has 3 aromatic carbocycles. The molecule has 0 aliphatic carbocycles. The van der Waals surface area contributed by atoms with Crippen LogP contribution >= 0.6 is 11.8 Å². The maximum absolute atomic E-state index is 12.9. The van der Waals surface area contributed by atoms with Crippen molar-refractivity contribution in [2.75, 3.05) is 19.8 Å². The van der Waals surface area contributed by atoms with Crippen molar-refractivity contribution < 1.29 is 23.8 Å². The van der Waals surface area contributed by atoms with E-state index >= 15 is 0 Å². The van der Waals surface area contributed by atoms with Crippen molar-refractivity contribution in [3.05, 3.63) is 93.9 Å². The number of imide groups is 1. The molecule has 0 saturated carbocycles. The normalized spacial score (nSPS) is 14.4. The first-order chi connectivity index (χ1) is 17.4. The summed E-state index contributed by atoms with van der Waals surface area (Å²) in [5.41, 5.74) is 4.13. The van der Waals surface area contributed by atoms with Crippen molar-refractivity contribution in [1.82, 2.24) is 4.90 Å². The minimum Gasteiger partial charge on any atom is -0.492 e. The molecule has 0 aromatic heterocycles. The summed E-state index contributed by atoms with van der Waals surface area (Å²) in [6.45, 7) is 7.26. The van der Waals surface area contributed by atoms with Crippen LogP contribution in [0.4, 0.5) is 4.79 Å². The van der Waals surface area contributed by atoms with Crippen LogP contribution in [0.2, 0.25) is 0 Å². The van der Waals surface area contributed by atoms with E-state index in [-0.39, 0.29) is 24.3 Å². The summed E-state index contributed by atoms with van der Waals surface area (Å²) in [6, 6.07) is 21.3. The lowest BCUT2D eigenvalue weighted by Gasteiger charge is -2.14. The van der Waals surface area contributed by atoms with Crippen molar-refractivity contribution in [2.24, 2.45) is 0 Å². The van der Waals surface area contributed by atoms with E-state index < -0.39 is 0 Å². The molecular weight excluding hydrogens is 474 g/mol. The fourth-order valence-corrected chi connectivity index (χ4v) is 4.56. The molecule has 1 fully saturated rings. The Morgan fingerprint density at radius 2 is 1.67 bits per heavy atom. The van der Waals surface area contributed by atoms with Crippen molar-refractivity contribution in [1.29, 1.82) is 0 Å². The van der Waals surface area contributed by atoms with Crippen molar-refractivity contribution >= 4 is 29.0 Å². The summed E-state index contributed by atoms with van der Waals surface area (Å²) in [5, 5.41) is -0.304. The third-order valence-corrected chi connectivity index (χ3v) is 6.43. The summed E-state index contributed by atoms with van der Waals surface area (Å²) < 4.78 is 17.5. The Morgan fingerprint density at radius 3 is 2.42 bits per heavy atom. The Morgan fingerprint density at radius 1 is 0.861 bits per heavy atom. The number of carbonyl (C=O) groups is 2. The van der Waals surface area contributed by atoms with E-state index in [1.54, 1.807) is 6.08 Å². The fraction of sp³-hybridized carbons (Fsp3) is 0.241. The van der Waals surface area contributed by atoms with Crippen LogP contribution in [0.25, 0.3) is 6.08 Å². The number of hydrogen-bond acceptors (Lipinski definition) is 6. The van der Waals surface area contributed by atoms with Gasteiger partial charge in [0, 0.05) is 0 Å². The Kier molecular flexibility index (Phi) is 8.33. The highest BCUT2D eigenvalue weighted by atomic mass is 32.2. The van der Waals surface area contributed by atoms with Crippen LogP contribution < -0.4 is 14.2 Å². The number of benzene rings is 3. The second-order valence-corrected chi connectivity index (χ2v) is 9.40. The molecule has 0 spiro atoms. The third kappa shape index (κ3) is 6.49. The first kappa shape index (κ1) is 25.4. The SMILES string of the molecule is CCOc1cc(/C=C2\SC(=O)N(CCOc3ccc(C)cc3)C2=O)ccc1OCc1cccc(C)c1. The zero-order valence-corrected chi connectivity index (χ0v) is 21.5. The van der Waals surface area contributed by atoms with E-state index in [1.165, 1.54) is 10.5 Å². The maximum atomic E-state index is 12.9. The lowest BCUT2D eigenvalue weighted by atomic mass is 10.1. The standard InChI is InChI=1S/C29H29NO5S/c1-4-33-26-17-22(10-13-25(26)35-19-23-7-5-6-21(3)16-23)18-27-28(31)30(29(32)36-27)14-15-34-24-11-8-20(2)9-12-24/h5-13,16-18H,4,14-15,19H2,1-3H3/b27-18-. The molecule has 36 heavy (non-hydrogen) atoms. The Balaban J connectivity index is 1.41. The van der Waals surface area contributed by atoms with Gasteiger partial charge in [-0.2, -0.15) is 0 Å². The zero-order chi connectivity index (χ0) is 25.5. The van der Waals surface area contributed by atoms with Gasteiger partial charge in [-0.25, -0.2) is 0 Å². The number of hydrogen-bond donors (Lipinski definition) is 0. The molecule has 0 atom stereocenters. The van der Waals surface area contributed by atoms with Gasteiger partial charge in [0.15, 0.2) is 11.5 Å². The highest BCUT2D eigenvalue weighted by Gasteiger charge is 2.34. The van der Waals surface area contributed by atoms with E-state index in [1.807, 2.05) is 81.4 Å². The summed E-state index contributed by atoms with van der Waals surface area (Å²) in [4.78, 5) is 26.9. The van der Waals surface area contributed by atoms with E-state index in [4.69, 9.17) is 14.2 Å². The van der Waals surface area contributed by atoms with Gasteiger partial charge in [0.05, 0.1) is 18.1 Å². The van der Waals surface area contributed by atoms with Crippen LogP contribution in [0.15, 0.2) is 71.6 Å². The minimum absolute atomic E-state index is 0.186. The number of nitrogens with zero attached hydrogens (tertiary/aromatic N) is 1. The molecule has 0 N–H and O–H groups in total. The van der Waals surface area contributed by atoms with E-state index in [9.17, 15) is 9.59 Å². The molecule has 3 aromatic rings. The zero-order valence-electron chi connectivity index (χ0n) is 20.7. The van der Waals surface area contributed by atoms with Crippen LogP contribution in [0.1, 0.15) is 29.2 Å². The smallest absolute Gasteiger partial charge is 0.293 e. The number of carbonyl (C=O) groups excluding carboxylic acids is 2. The van der Waals surface area contributed by atoms with Gasteiger partial charge in [-0.05, 0) is 74.0 Å². The van der Waals surface area contributed by atoms with Gasteiger partial charge in [-0.1, -0.05) is 53.6 Å². The van der Waals surface area contributed by atoms with Gasteiger partial charge in [-0.15, -0.1) is 0 Å². The van der Waals surface area contributed by atoms with E-state index in [2.05, 4.69) is 6.07 Å². The van der Waals surface area contributed by atoms with Crippen LogP contribution in [-0.2, 0) is 11.4 Å². The molecule has 1 aliphatic heterocycles. The van der Waals surface area contributed by atoms with Crippen molar-refractivity contribution in [3.8, 4) is 17.2 Å². The molecule has 7 heteroatoms. The number of amides is 2. The van der Waals surface area contributed by atoms with Crippen LogP contribution in [-0.4, -0.2) is 35.8 Å². The molecule has 186 valence electrons. The number of ether oxygens (including phenoxy) is 3. The molecule has 2 amide bonds. The molecule has 1 aliphatic rings. The molecular formula is C29H29NO5S. The minimum atomic E-state index is -0.324. The van der Waals surface area contributed by atoms with E-state index in [0.29, 0.717) is 35.4 Å². The average molecular weight is 504 g/mol. The Labute approximate surface area is 215 Å². The molecule has 1 saturated heterocycles. The highest BCUT2D eigenvalue weighted by molar-refractivity contribution is 8.18. The highest BCUT2D eigenvalue weighted by Crippen LogP contribution is 2.35. The lowest BCUT2D eigenvalue weighted by Crippen LogP contribution is -2.32. The first-order valence-electron chi connectivity index (χ1n) is 11.8. The van der Waals surface area contributed by atoms with Crippen molar-refractivity contribution in [3.63, 3.8) is 0 Å². The van der Waals surface area contributed by atoms with Crippen LogP contribution in [0, 0.1) is 13.8 Å². The van der Waals surface area contributed by atoms with Gasteiger partial charge < -0.3 is 14.2 Å². The summed E-state index contributed by atoms with van der Waals surface area (Å²) in [5.74, 6) is 1.59. The largest absolute Gasteiger partial charge is 0.492 e. The number of rotatable bonds is 10. The summed E-state index contributed by atoms with van der Waals surface area (Å²) in [6.07, 6.45) is 1.71. The molecule has 1 heterocycles. The van der Waals surface area contributed by atoms with Gasteiger partial charge in [0.2, 0.25) is 0 Å². The molecule has 0 radical (unpaired) electrons. The molecule has 6 nitrogen and oxygen atoms in total. The molecule has 0 bridgehead atoms. The topological polar surface area (TPSA) is 65.1 Å². The average Bonchev–Trinajstić information content (AvgIpc) is 3.12. The Hall–Kier alpha value is -3.71. The first-order valence-corrected chi connectivity index (χ1v) is 12.6. The predicted molar refractivity (Wildman–Crippen MR) is 142 cm³/mol. The predicted octanol–water partition coefficient (Wildman–Crippen LogP) is 6.40. The summed E-state index contributed by atoms with van der Waals surface area (Å²) in [7, 11) is 0. The lowest BCUT2D eigenvalue weighted by molar-refractivity contribution is -0.123. The van der Waals surface area contributed by atoms with E-state index in [0.717, 1.165) is 28.5 Å². The van der Waals surface area contributed by atoms with Crippen LogP contribution in [0.3, 0.4) is 0 Å². The van der Waals surface area contributed by atoms with Crippen molar-refractivity contribution in [2.45, 2.75) is 27.4 Å². The second kappa shape index (κ2) is 11.8. The van der Waals surface area contributed by atoms with Gasteiger partial charge in [-0.3, -0.25) is 14.5 Å². The van der Waals surface area contributed by atoms with Crippen LogP contribution in [0.5, 0.6) is 17.2 Å². The molecule has 4 rings (SSSR count). The van der Waals surface area contributed by atoms with Gasteiger partial charge >= 0.3 is 0 Å². The Bertz CT molecular complexity index is 1270. The van der Waals surface area contributed by atoms with Gasteiger partial charge in [0.25, 0.3) is 11.1 Å². The third-order valence-electron chi connectivity index (χ3n) is 5.52. The summed E-state index contributed by atoms with van der Waals surface area (Å²) >= 11 is 0.928. The fourth-order valence-electron chi connectivity index (χ4n) is 3.70. The molecule has 0 unspecified atom stereocenters. The quantitative estimate of drug-likeness (QED) is 0.299. The maximum Gasteiger partial charge on any atom is 0.293 e. The van der Waals surface area contributed by atoms with Gasteiger partial charge in [0.1, 0.15) is 19.0 Å². The second-order valence-electron chi connectivity index (χ2n) is 8.41. The number of aryl methyl sites for hydroxylation is 2. The monoisotopic (exact) mass is 503 g/mol. The number of thioether (sulfide) groups is 1.